The second kappa shape index (κ2) is 8.32. The maximum Gasteiger partial charge on any atom is 0.251 e. The molecule has 3 rings (SSSR count). The molecule has 0 N–H and O–H groups in total. The lowest BCUT2D eigenvalue weighted by molar-refractivity contribution is -0.118. The van der Waals surface area contributed by atoms with E-state index in [1.165, 1.54) is 15.8 Å². The van der Waals surface area contributed by atoms with Crippen LogP contribution in [-0.2, 0) is 11.3 Å². The Morgan fingerprint density at radius 3 is 2.62 bits per heavy atom. The van der Waals surface area contributed by atoms with Crippen LogP contribution in [0.4, 0.5) is 0 Å². The zero-order chi connectivity index (χ0) is 18.5. The summed E-state index contributed by atoms with van der Waals surface area (Å²) in [5.74, 6) is 0.625. The summed E-state index contributed by atoms with van der Waals surface area (Å²) in [6.07, 6.45) is 1.27. The van der Waals surface area contributed by atoms with Crippen LogP contribution in [0.25, 0.3) is 10.2 Å². The number of aryl methyl sites for hydroxylation is 3. The van der Waals surface area contributed by atoms with Gasteiger partial charge in [0.05, 0.1) is 23.2 Å². The fourth-order valence-corrected chi connectivity index (χ4v) is 3.94. The third kappa shape index (κ3) is 4.22. The molecule has 0 aliphatic rings. The van der Waals surface area contributed by atoms with Crippen molar-refractivity contribution in [3.63, 3.8) is 0 Å². The van der Waals surface area contributed by atoms with Gasteiger partial charge in [0, 0.05) is 6.54 Å². The van der Waals surface area contributed by atoms with Crippen molar-refractivity contribution in [2.45, 2.75) is 40.2 Å². The molecule has 0 spiro atoms. The highest BCUT2D eigenvalue weighted by molar-refractivity contribution is 7.16. The first-order chi connectivity index (χ1) is 12.6. The Hall–Kier alpha value is -2.40. The van der Waals surface area contributed by atoms with Gasteiger partial charge in [-0.1, -0.05) is 36.5 Å². The van der Waals surface area contributed by atoms with Crippen LogP contribution in [0.3, 0.4) is 0 Å². The molecule has 1 amide bonds. The van der Waals surface area contributed by atoms with Crippen LogP contribution in [0.5, 0.6) is 5.75 Å². The molecule has 0 aliphatic heterocycles. The van der Waals surface area contributed by atoms with Crippen LogP contribution in [0.1, 0.15) is 30.9 Å². The van der Waals surface area contributed by atoms with Gasteiger partial charge in [-0.05, 0) is 55.7 Å². The summed E-state index contributed by atoms with van der Waals surface area (Å²) in [7, 11) is 0. The smallest absolute Gasteiger partial charge is 0.251 e. The number of para-hydroxylation sites is 1. The highest BCUT2D eigenvalue weighted by atomic mass is 32.1. The van der Waals surface area contributed by atoms with Gasteiger partial charge in [0.15, 0.2) is 4.80 Å². The topological polar surface area (TPSA) is 43.6 Å². The van der Waals surface area contributed by atoms with Crippen LogP contribution < -0.4 is 9.54 Å². The lowest BCUT2D eigenvalue weighted by Gasteiger charge is -2.05. The number of ether oxygens (including phenoxy) is 1. The number of amides is 1. The molecule has 2 aromatic carbocycles. The van der Waals surface area contributed by atoms with Crippen molar-refractivity contribution in [2.24, 2.45) is 4.99 Å². The summed E-state index contributed by atoms with van der Waals surface area (Å²) < 4.78 is 8.93. The van der Waals surface area contributed by atoms with Crippen molar-refractivity contribution < 1.29 is 9.53 Å². The van der Waals surface area contributed by atoms with Gasteiger partial charge in [-0.2, -0.15) is 4.99 Å². The summed E-state index contributed by atoms with van der Waals surface area (Å²) in [6.45, 7) is 7.56. The molecule has 26 heavy (non-hydrogen) atoms. The van der Waals surface area contributed by atoms with Crippen LogP contribution in [0, 0.1) is 13.8 Å². The summed E-state index contributed by atoms with van der Waals surface area (Å²) in [5, 5.41) is 0. The lowest BCUT2D eigenvalue weighted by atomic mass is 10.1. The van der Waals surface area contributed by atoms with E-state index in [2.05, 4.69) is 42.5 Å². The summed E-state index contributed by atoms with van der Waals surface area (Å²) in [6, 6.07) is 13.9. The summed E-state index contributed by atoms with van der Waals surface area (Å²) >= 11 is 1.58. The zero-order valence-electron chi connectivity index (χ0n) is 15.5. The molecular formula is C21H24N2O2S. The zero-order valence-corrected chi connectivity index (χ0v) is 16.3. The molecule has 0 radical (unpaired) electrons. The van der Waals surface area contributed by atoms with Gasteiger partial charge in [-0.25, -0.2) is 0 Å². The Kier molecular flexibility index (Phi) is 5.89. The van der Waals surface area contributed by atoms with Crippen LogP contribution >= 0.6 is 11.3 Å². The van der Waals surface area contributed by atoms with Crippen molar-refractivity contribution in [2.75, 3.05) is 6.61 Å². The fraction of sp³-hybridized carbons (Fsp3) is 0.333. The molecule has 5 heteroatoms. The Morgan fingerprint density at radius 2 is 1.88 bits per heavy atom. The predicted molar refractivity (Wildman–Crippen MR) is 107 cm³/mol. The Labute approximate surface area is 157 Å². The molecule has 0 saturated heterocycles. The fourth-order valence-electron chi connectivity index (χ4n) is 2.78. The minimum atomic E-state index is -0.147. The van der Waals surface area contributed by atoms with Crippen molar-refractivity contribution >= 4 is 27.5 Å². The van der Waals surface area contributed by atoms with Gasteiger partial charge < -0.3 is 9.30 Å². The second-order valence-electron chi connectivity index (χ2n) is 6.36. The Morgan fingerprint density at radius 1 is 1.15 bits per heavy atom. The molecule has 0 fully saturated rings. The quantitative estimate of drug-likeness (QED) is 0.637. The van der Waals surface area contributed by atoms with E-state index in [9.17, 15) is 4.79 Å². The van der Waals surface area contributed by atoms with E-state index < -0.39 is 0 Å². The molecule has 0 bridgehead atoms. The first kappa shape index (κ1) is 18.4. The molecule has 0 atom stereocenters. The maximum absolute atomic E-state index is 12.3. The minimum Gasteiger partial charge on any atom is -0.493 e. The Bertz CT molecular complexity index is 971. The minimum absolute atomic E-state index is 0.147. The van der Waals surface area contributed by atoms with Gasteiger partial charge in [0.25, 0.3) is 5.91 Å². The number of nitrogens with zero attached hydrogens (tertiary/aromatic N) is 2. The van der Waals surface area contributed by atoms with Gasteiger partial charge in [0.1, 0.15) is 5.75 Å². The predicted octanol–water partition coefficient (Wildman–Crippen LogP) is 4.63. The molecule has 0 unspecified atom stereocenters. The average molecular weight is 369 g/mol. The van der Waals surface area contributed by atoms with Crippen LogP contribution in [-0.4, -0.2) is 17.1 Å². The standard InChI is InChI=1S/C21H24N2O2S/c1-4-11-23-18-13-15(2)16(3)14-19(18)26-21(23)22-20(24)10-12-25-17-8-6-5-7-9-17/h5-9,13-14H,4,10-12H2,1-3H3. The molecule has 4 nitrogen and oxygen atoms in total. The number of carbonyl (C=O) groups is 1. The highest BCUT2D eigenvalue weighted by Gasteiger charge is 2.09. The van der Waals surface area contributed by atoms with E-state index in [1.54, 1.807) is 11.3 Å². The van der Waals surface area contributed by atoms with E-state index in [1.807, 2.05) is 30.3 Å². The number of thiazole rings is 1. The van der Waals surface area contributed by atoms with Crippen LogP contribution in [0.15, 0.2) is 47.5 Å². The van der Waals surface area contributed by atoms with Crippen molar-refractivity contribution in [3.8, 4) is 5.75 Å². The average Bonchev–Trinajstić information content (AvgIpc) is 2.93. The summed E-state index contributed by atoms with van der Waals surface area (Å²) in [4.78, 5) is 17.5. The normalized spacial score (nSPS) is 11.9. The van der Waals surface area contributed by atoms with Crippen molar-refractivity contribution in [1.82, 2.24) is 4.57 Å². The van der Waals surface area contributed by atoms with E-state index in [0.717, 1.165) is 29.0 Å². The van der Waals surface area contributed by atoms with E-state index in [4.69, 9.17) is 4.74 Å². The molecule has 136 valence electrons. The molecular weight excluding hydrogens is 344 g/mol. The lowest BCUT2D eigenvalue weighted by Crippen LogP contribution is -2.17. The largest absolute Gasteiger partial charge is 0.493 e. The first-order valence-corrected chi connectivity index (χ1v) is 9.76. The van der Waals surface area contributed by atoms with E-state index in [0.29, 0.717) is 6.61 Å². The number of fused-ring (bicyclic) bond motifs is 1. The van der Waals surface area contributed by atoms with Gasteiger partial charge in [-0.15, -0.1) is 0 Å². The monoisotopic (exact) mass is 368 g/mol. The maximum atomic E-state index is 12.3. The summed E-state index contributed by atoms with van der Waals surface area (Å²) in [5.41, 5.74) is 3.68. The first-order valence-electron chi connectivity index (χ1n) is 8.94. The van der Waals surface area contributed by atoms with Gasteiger partial charge in [-0.3, -0.25) is 4.79 Å². The Balaban J connectivity index is 1.81. The van der Waals surface area contributed by atoms with Gasteiger partial charge >= 0.3 is 0 Å². The van der Waals surface area contributed by atoms with Crippen molar-refractivity contribution in [3.05, 3.63) is 58.4 Å². The third-order valence-electron chi connectivity index (χ3n) is 4.29. The van der Waals surface area contributed by atoms with Crippen molar-refractivity contribution in [1.29, 1.82) is 0 Å². The number of rotatable bonds is 6. The van der Waals surface area contributed by atoms with Gasteiger partial charge in [0.2, 0.25) is 0 Å². The number of hydrogen-bond donors (Lipinski definition) is 0. The van der Waals surface area contributed by atoms with Crippen LogP contribution in [0.2, 0.25) is 0 Å². The van der Waals surface area contributed by atoms with E-state index in [-0.39, 0.29) is 12.3 Å². The molecule has 0 aliphatic carbocycles. The highest BCUT2D eigenvalue weighted by Crippen LogP contribution is 2.22. The molecule has 1 aromatic heterocycles. The molecule has 3 aromatic rings. The number of hydrogen-bond acceptors (Lipinski definition) is 3. The molecule has 1 heterocycles. The second-order valence-corrected chi connectivity index (χ2v) is 7.37. The third-order valence-corrected chi connectivity index (χ3v) is 5.33. The number of aromatic nitrogens is 1. The number of benzene rings is 2. The SMILES string of the molecule is CCCn1c(=NC(=O)CCOc2ccccc2)sc2cc(C)c(C)cc21. The molecule has 0 saturated carbocycles. The number of carbonyl (C=O) groups excluding carboxylic acids is 1. The van der Waals surface area contributed by atoms with E-state index >= 15 is 0 Å².